The SMILES string of the molecule is C=C1CCN(B(C)O)CC1.CB(O)N1CCC(Cc2ccc(S(=O)(=O)c3cccc(Cl)c3)cc2)CC1.Cc1cccc(C(=O)N2CCC(N3CCC(Cc4ccc(S(=O)(=O)c5cccc(Cl)c5)cc4)CC3)CC2)c1N.O=S(=O)(c1ccc(Br)cc1)c1cccc(Cl)c1. The van der Waals surface area contributed by atoms with E-state index in [0.717, 1.165) is 132 Å². The van der Waals surface area contributed by atoms with Gasteiger partial charge in [0.25, 0.3) is 5.91 Å². The maximum Gasteiger partial charge on any atom is 0.376 e. The van der Waals surface area contributed by atoms with Crippen molar-refractivity contribution in [2.24, 2.45) is 11.8 Å². The number of nitrogens with zero attached hydrogens (tertiary/aromatic N) is 4. The fourth-order valence-electron chi connectivity index (χ4n) is 11.9. The number of benzene rings is 7. The number of nitrogen functional groups attached to an aromatic ring is 1. The number of carbonyl (C=O) groups is 1. The summed E-state index contributed by atoms with van der Waals surface area (Å²) in [5, 5.41) is 20.0. The first-order valence-corrected chi connectivity index (χ1v) is 37.5. The molecular weight excluding hydrogens is 1350 g/mol. The van der Waals surface area contributed by atoms with Crippen molar-refractivity contribution in [2.45, 2.75) is 120 Å². The van der Waals surface area contributed by atoms with E-state index in [9.17, 15) is 35.1 Å². The molecule has 0 bridgehead atoms. The Morgan fingerprint density at radius 2 is 0.891 bits per heavy atom. The number of likely N-dealkylation sites (tertiary alicyclic amines) is 2. The van der Waals surface area contributed by atoms with Crippen LogP contribution in [-0.4, -0.2) is 133 Å². The van der Waals surface area contributed by atoms with Crippen LogP contribution >= 0.6 is 50.7 Å². The van der Waals surface area contributed by atoms with Crippen LogP contribution < -0.4 is 5.73 Å². The Kier molecular flexibility index (Phi) is 26.3. The maximum atomic E-state index is 13.0. The highest BCUT2D eigenvalue weighted by Crippen LogP contribution is 2.32. The van der Waals surface area contributed by atoms with Gasteiger partial charge >= 0.3 is 14.1 Å². The minimum atomic E-state index is -3.58. The lowest BCUT2D eigenvalue weighted by Gasteiger charge is -2.42. The molecule has 4 saturated heterocycles. The van der Waals surface area contributed by atoms with Crippen LogP contribution in [0.3, 0.4) is 0 Å². The Balaban J connectivity index is 0.000000176. The molecule has 0 aliphatic carbocycles. The number of anilines is 1. The average Bonchev–Trinajstić information content (AvgIpc) is 0.910. The Morgan fingerprint density at radius 1 is 0.522 bits per heavy atom. The summed E-state index contributed by atoms with van der Waals surface area (Å²) in [6.07, 6.45) is 10.3. The van der Waals surface area contributed by atoms with Gasteiger partial charge in [-0.2, -0.15) is 0 Å². The van der Waals surface area contributed by atoms with Gasteiger partial charge < -0.3 is 35.2 Å². The van der Waals surface area contributed by atoms with Gasteiger partial charge in [0, 0.05) is 44.4 Å². The summed E-state index contributed by atoms with van der Waals surface area (Å²) in [6.45, 7) is 16.9. The average molecular weight is 1430 g/mol. The van der Waals surface area contributed by atoms with Crippen LogP contribution in [0, 0.1) is 18.8 Å². The summed E-state index contributed by atoms with van der Waals surface area (Å²) in [5.41, 5.74) is 11.9. The lowest BCUT2D eigenvalue weighted by atomic mass is 9.80. The summed E-state index contributed by atoms with van der Waals surface area (Å²) in [5.74, 6) is 1.20. The number of aryl methyl sites for hydroxylation is 1. The molecule has 4 aliphatic rings. The van der Waals surface area contributed by atoms with Crippen LogP contribution in [0.2, 0.25) is 28.7 Å². The highest BCUT2D eigenvalue weighted by molar-refractivity contribution is 9.10. The molecule has 7 aromatic carbocycles. The highest BCUT2D eigenvalue weighted by atomic mass is 79.9. The highest BCUT2D eigenvalue weighted by Gasteiger charge is 2.32. The molecule has 0 radical (unpaired) electrons. The quantitative estimate of drug-likeness (QED) is 0.0528. The lowest BCUT2D eigenvalue weighted by molar-refractivity contribution is 0.0553. The number of hydrogen-bond acceptors (Lipinski definition) is 13. The molecule has 23 heteroatoms. The number of nitrogens with two attached hydrogens (primary N) is 1. The zero-order chi connectivity index (χ0) is 66.3. The first-order chi connectivity index (χ1) is 43.8. The molecular formula is C69H81B2BrCl3N5O9S3. The number of para-hydroxylation sites is 1. The third-order valence-corrected chi connectivity index (χ3v) is 24.2. The zero-order valence-corrected chi connectivity index (χ0v) is 58.6. The Hall–Kier alpha value is -5.32. The van der Waals surface area contributed by atoms with E-state index in [1.54, 1.807) is 104 Å². The predicted molar refractivity (Wildman–Crippen MR) is 376 cm³/mol. The number of piperidine rings is 4. The molecule has 7 aromatic rings. The molecule has 0 unspecified atom stereocenters. The molecule has 92 heavy (non-hydrogen) atoms. The van der Waals surface area contributed by atoms with Gasteiger partial charge in [0.1, 0.15) is 0 Å². The van der Waals surface area contributed by atoms with Crippen LogP contribution in [0.1, 0.15) is 78.4 Å². The molecule has 488 valence electrons. The second-order valence-corrected chi connectivity index (χ2v) is 32.2. The number of sulfone groups is 3. The Morgan fingerprint density at radius 3 is 1.28 bits per heavy atom. The van der Waals surface area contributed by atoms with Crippen molar-refractivity contribution in [3.63, 3.8) is 0 Å². The minimum absolute atomic E-state index is 0.0414. The van der Waals surface area contributed by atoms with Crippen molar-refractivity contribution in [1.82, 2.24) is 19.4 Å². The van der Waals surface area contributed by atoms with Gasteiger partial charge in [-0.15, -0.1) is 0 Å². The third-order valence-electron chi connectivity index (χ3n) is 17.6. The standard InChI is InChI=1S/C31H36ClN3O3S.C19H23BClNO3S.C12H8BrClO2S.C7H14BNO/c1-22-4-2-7-29(30(22)33)31(36)35-18-14-26(15-19-35)34-16-12-24(13-17-34)20-23-8-10-27(11-9-23)39(37,38)28-6-3-5-25(32)21-28;1-20(23)22-11-9-16(10-12-22)13-15-5-7-18(8-6-15)26(24,25)19-4-2-3-17(21)14-19;13-9-4-6-11(7-5-9)17(15,16)12-3-1-2-10(14)8-12;1-7-3-5-9(6-4-7)8(2)10/h2-11,21,24,26H,12-20,33H2,1H3;2-8,14,16,23H,9-13H2,1H3;1-8H;10H,1,3-6H2,2H3. The van der Waals surface area contributed by atoms with E-state index >= 15 is 0 Å². The van der Waals surface area contributed by atoms with E-state index in [4.69, 9.17) is 45.6 Å². The third kappa shape index (κ3) is 19.9. The lowest BCUT2D eigenvalue weighted by Crippen LogP contribution is -2.49. The van der Waals surface area contributed by atoms with Gasteiger partial charge in [-0.3, -0.25) is 4.79 Å². The number of hydrogen-bond donors (Lipinski definition) is 3. The van der Waals surface area contributed by atoms with Gasteiger partial charge in [0.15, 0.2) is 0 Å². The normalized spacial score (nSPS) is 16.7. The van der Waals surface area contributed by atoms with E-state index in [-0.39, 0.29) is 44.5 Å². The van der Waals surface area contributed by atoms with Crippen molar-refractivity contribution in [1.29, 1.82) is 0 Å². The largest absolute Gasteiger partial charge is 0.437 e. The first kappa shape index (κ1) is 72.5. The van der Waals surface area contributed by atoms with Crippen LogP contribution in [0.25, 0.3) is 0 Å². The van der Waals surface area contributed by atoms with E-state index < -0.39 is 29.5 Å². The summed E-state index contributed by atoms with van der Waals surface area (Å²) >= 11 is 21.0. The van der Waals surface area contributed by atoms with Crippen molar-refractivity contribution < 1.29 is 40.1 Å². The molecule has 4 aliphatic heterocycles. The predicted octanol–water partition coefficient (Wildman–Crippen LogP) is 13.8. The van der Waals surface area contributed by atoms with Gasteiger partial charge in [-0.05, 0) is 262 Å². The Bertz CT molecular complexity index is 3960. The van der Waals surface area contributed by atoms with Crippen molar-refractivity contribution >= 4 is 106 Å². The van der Waals surface area contributed by atoms with Gasteiger partial charge in [0.2, 0.25) is 29.5 Å². The van der Waals surface area contributed by atoms with Crippen LogP contribution in [0.4, 0.5) is 5.69 Å². The van der Waals surface area contributed by atoms with Gasteiger partial charge in [0.05, 0.1) is 34.9 Å². The fourth-order valence-corrected chi connectivity index (χ4v) is 16.9. The van der Waals surface area contributed by atoms with Crippen LogP contribution in [0.5, 0.6) is 0 Å². The smallest absolute Gasteiger partial charge is 0.376 e. The molecule has 11 rings (SSSR count). The molecule has 0 spiro atoms. The van der Waals surface area contributed by atoms with E-state index in [1.165, 1.54) is 35.4 Å². The zero-order valence-electron chi connectivity index (χ0n) is 52.3. The number of halogens is 4. The molecule has 0 aromatic heterocycles. The second-order valence-electron chi connectivity index (χ2n) is 24.1. The molecule has 14 nitrogen and oxygen atoms in total. The monoisotopic (exact) mass is 1430 g/mol. The molecule has 4 fully saturated rings. The van der Waals surface area contributed by atoms with Gasteiger partial charge in [-0.1, -0.05) is 117 Å². The van der Waals surface area contributed by atoms with Crippen molar-refractivity contribution in [3.8, 4) is 0 Å². The first-order valence-electron chi connectivity index (χ1n) is 31.1. The molecule has 4 heterocycles. The van der Waals surface area contributed by atoms with Crippen molar-refractivity contribution in [2.75, 3.05) is 58.1 Å². The molecule has 0 atom stereocenters. The Labute approximate surface area is 568 Å². The fraction of sp³-hybridized carbons (Fsp3) is 0.348. The summed E-state index contributed by atoms with van der Waals surface area (Å²) in [4.78, 5) is 23.2. The van der Waals surface area contributed by atoms with Crippen LogP contribution in [0.15, 0.2) is 210 Å². The summed E-state index contributed by atoms with van der Waals surface area (Å²) in [7, 11) is -11.3. The number of carbonyl (C=O) groups excluding carboxylic acids is 1. The number of rotatable bonds is 14. The van der Waals surface area contributed by atoms with E-state index in [1.807, 2.05) is 61.1 Å². The molecule has 1 amide bonds. The minimum Gasteiger partial charge on any atom is -0.437 e. The maximum absolute atomic E-state index is 13.0. The summed E-state index contributed by atoms with van der Waals surface area (Å²) in [6, 6.07) is 46.1. The molecule has 4 N–H and O–H groups in total. The van der Waals surface area contributed by atoms with E-state index in [2.05, 4.69) is 37.0 Å². The summed E-state index contributed by atoms with van der Waals surface area (Å²) < 4.78 is 76.6. The van der Waals surface area contributed by atoms with Crippen LogP contribution in [-0.2, 0) is 42.4 Å². The second kappa shape index (κ2) is 33.4. The van der Waals surface area contributed by atoms with Gasteiger partial charge in [-0.25, -0.2) is 25.3 Å². The van der Waals surface area contributed by atoms with Crippen molar-refractivity contribution in [3.05, 3.63) is 218 Å². The topological polar surface area (TPSA) is 199 Å². The molecule has 0 saturated carbocycles. The van der Waals surface area contributed by atoms with E-state index in [0.29, 0.717) is 49.1 Å². The number of amides is 1.